The first-order chi connectivity index (χ1) is 5.13. The lowest BCUT2D eigenvalue weighted by Gasteiger charge is -1.99. The molecule has 1 unspecified atom stereocenters. The highest BCUT2D eigenvalue weighted by atomic mass is 35.5. The highest BCUT2D eigenvalue weighted by Gasteiger charge is 2.20. The molecule has 0 aliphatic heterocycles. The monoisotopic (exact) mass is 193 g/mol. The fourth-order valence-corrected chi connectivity index (χ4v) is 1.20. The number of nitrogens with two attached hydrogens (primary N) is 1. The maximum absolute atomic E-state index is 10.3. The van der Waals surface area contributed by atoms with Crippen molar-refractivity contribution in [2.45, 2.75) is 6.04 Å². The van der Waals surface area contributed by atoms with Gasteiger partial charge in [0.05, 0.1) is 0 Å². The summed E-state index contributed by atoms with van der Waals surface area (Å²) >= 11 is 6.44. The molecule has 1 aromatic rings. The van der Waals surface area contributed by atoms with Crippen LogP contribution in [0, 0.1) is 0 Å². The Morgan fingerprint density at radius 1 is 1.82 bits per heavy atom. The van der Waals surface area contributed by atoms with Crippen molar-refractivity contribution in [2.24, 2.45) is 5.73 Å². The summed E-state index contributed by atoms with van der Waals surface area (Å²) in [4.78, 5) is 10.3. The molecule has 0 aromatic carbocycles. The number of nitrogens with zero attached hydrogens (tertiary/aromatic N) is 2. The van der Waals surface area contributed by atoms with Crippen LogP contribution in [-0.2, 0) is 4.79 Å². The lowest BCUT2D eigenvalue weighted by molar-refractivity contribution is -0.138. The Morgan fingerprint density at radius 3 is 2.82 bits per heavy atom. The van der Waals surface area contributed by atoms with Gasteiger partial charge in [0.2, 0.25) is 0 Å². The number of rotatable bonds is 2. The molecule has 1 heterocycles. The number of hydrogen-bond acceptors (Lipinski definition) is 5. The minimum absolute atomic E-state index is 0.115. The predicted octanol–water partition coefficient (Wildman–Crippen LogP) is 0.276. The molecular formula is C4H4ClN3O2S. The lowest BCUT2D eigenvalue weighted by atomic mass is 10.2. The van der Waals surface area contributed by atoms with E-state index in [1.54, 1.807) is 0 Å². The van der Waals surface area contributed by atoms with E-state index in [9.17, 15) is 4.79 Å². The molecule has 0 aliphatic carbocycles. The molecule has 0 saturated carbocycles. The molecule has 0 amide bonds. The summed E-state index contributed by atoms with van der Waals surface area (Å²) in [5, 5.41) is 11.9. The summed E-state index contributed by atoms with van der Waals surface area (Å²) in [7, 11) is 0. The van der Waals surface area contributed by atoms with Crippen molar-refractivity contribution < 1.29 is 9.90 Å². The predicted molar refractivity (Wildman–Crippen MR) is 39.5 cm³/mol. The van der Waals surface area contributed by atoms with Crippen molar-refractivity contribution in [3.05, 3.63) is 10.0 Å². The highest BCUT2D eigenvalue weighted by molar-refractivity contribution is 7.10. The van der Waals surface area contributed by atoms with E-state index < -0.39 is 12.0 Å². The quantitative estimate of drug-likeness (QED) is 0.704. The summed E-state index contributed by atoms with van der Waals surface area (Å²) in [6.45, 7) is 0. The molecule has 0 radical (unpaired) electrons. The van der Waals surface area contributed by atoms with Gasteiger partial charge in [0.1, 0.15) is 10.0 Å². The number of carbonyl (C=O) groups is 1. The Labute approximate surface area is 70.9 Å². The van der Waals surface area contributed by atoms with Crippen LogP contribution in [-0.4, -0.2) is 20.7 Å². The third kappa shape index (κ3) is 1.65. The standard InChI is InChI=1S/C4H4ClN3O2S/c5-3-2(7-8-11-3)1(6)4(9)10/h1H,6H2,(H,9,10). The van der Waals surface area contributed by atoms with Gasteiger partial charge in [-0.25, -0.2) is 0 Å². The zero-order valence-corrected chi connectivity index (χ0v) is 6.76. The minimum Gasteiger partial charge on any atom is -0.480 e. The molecular weight excluding hydrogens is 190 g/mol. The number of carboxylic acid groups (broad SMARTS) is 1. The van der Waals surface area contributed by atoms with Crippen LogP contribution in [0.2, 0.25) is 4.34 Å². The number of carboxylic acids is 1. The average Bonchev–Trinajstić information content (AvgIpc) is 2.33. The molecule has 1 rings (SSSR count). The maximum atomic E-state index is 10.3. The summed E-state index contributed by atoms with van der Waals surface area (Å²) in [5.41, 5.74) is 5.32. The van der Waals surface area contributed by atoms with Crippen LogP contribution >= 0.6 is 23.1 Å². The summed E-state index contributed by atoms with van der Waals surface area (Å²) < 4.78 is 3.66. The molecule has 0 aliphatic rings. The molecule has 5 nitrogen and oxygen atoms in total. The van der Waals surface area contributed by atoms with E-state index in [-0.39, 0.29) is 10.0 Å². The van der Waals surface area contributed by atoms with Crippen LogP contribution in [0.15, 0.2) is 0 Å². The molecule has 60 valence electrons. The maximum Gasteiger partial charge on any atom is 0.326 e. The molecule has 1 atom stereocenters. The van der Waals surface area contributed by atoms with Crippen molar-refractivity contribution in [3.8, 4) is 0 Å². The Hall–Kier alpha value is -0.720. The van der Waals surface area contributed by atoms with Crippen molar-refractivity contribution in [1.82, 2.24) is 9.59 Å². The average molecular weight is 194 g/mol. The number of halogens is 1. The van der Waals surface area contributed by atoms with Crippen molar-refractivity contribution in [1.29, 1.82) is 0 Å². The van der Waals surface area contributed by atoms with E-state index in [0.29, 0.717) is 0 Å². The number of hydrogen-bond donors (Lipinski definition) is 2. The molecule has 0 bridgehead atoms. The molecule has 1 aromatic heterocycles. The molecule has 3 N–H and O–H groups in total. The molecule has 0 fully saturated rings. The van der Waals surface area contributed by atoms with Crippen molar-refractivity contribution in [2.75, 3.05) is 0 Å². The first-order valence-corrected chi connectivity index (χ1v) is 3.74. The van der Waals surface area contributed by atoms with E-state index in [0.717, 1.165) is 11.5 Å². The number of aromatic nitrogens is 2. The van der Waals surface area contributed by atoms with E-state index >= 15 is 0 Å². The largest absolute Gasteiger partial charge is 0.480 e. The van der Waals surface area contributed by atoms with Gasteiger partial charge >= 0.3 is 5.97 Å². The van der Waals surface area contributed by atoms with E-state index in [1.165, 1.54) is 0 Å². The van der Waals surface area contributed by atoms with Gasteiger partial charge in [-0.05, 0) is 0 Å². The molecule has 11 heavy (non-hydrogen) atoms. The van der Waals surface area contributed by atoms with E-state index in [1.807, 2.05) is 0 Å². The van der Waals surface area contributed by atoms with Crippen LogP contribution < -0.4 is 5.73 Å². The second-order valence-corrected chi connectivity index (χ2v) is 3.10. The lowest BCUT2D eigenvalue weighted by Crippen LogP contribution is -2.21. The third-order valence-corrected chi connectivity index (χ3v) is 1.96. The van der Waals surface area contributed by atoms with Gasteiger partial charge in [-0.15, -0.1) is 5.10 Å². The fourth-order valence-electron chi connectivity index (χ4n) is 0.488. The van der Waals surface area contributed by atoms with E-state index in [4.69, 9.17) is 22.4 Å². The van der Waals surface area contributed by atoms with E-state index in [2.05, 4.69) is 9.59 Å². The highest BCUT2D eigenvalue weighted by Crippen LogP contribution is 2.21. The Kier molecular flexibility index (Phi) is 2.38. The van der Waals surface area contributed by atoms with Gasteiger partial charge in [0, 0.05) is 11.5 Å². The fraction of sp³-hybridized carbons (Fsp3) is 0.250. The SMILES string of the molecule is NC(C(=O)O)c1nnsc1Cl. The van der Waals surface area contributed by atoms with Gasteiger partial charge in [-0.2, -0.15) is 0 Å². The first kappa shape index (κ1) is 8.38. The normalized spacial score (nSPS) is 12.9. The summed E-state index contributed by atoms with van der Waals surface area (Å²) in [6, 6.07) is -1.18. The third-order valence-electron chi connectivity index (χ3n) is 1.03. The van der Waals surface area contributed by atoms with Crippen LogP contribution in [0.4, 0.5) is 0 Å². The zero-order chi connectivity index (χ0) is 8.43. The van der Waals surface area contributed by atoms with Crippen LogP contribution in [0.5, 0.6) is 0 Å². The first-order valence-electron chi connectivity index (χ1n) is 2.59. The Morgan fingerprint density at radius 2 is 2.45 bits per heavy atom. The molecule has 0 saturated heterocycles. The second kappa shape index (κ2) is 3.12. The molecule has 7 heteroatoms. The van der Waals surface area contributed by atoms with Crippen molar-refractivity contribution >= 4 is 29.1 Å². The molecule has 0 spiro atoms. The van der Waals surface area contributed by atoms with Gasteiger partial charge in [0.15, 0.2) is 6.04 Å². The smallest absolute Gasteiger partial charge is 0.326 e. The Balaban J connectivity index is 2.92. The van der Waals surface area contributed by atoms with Crippen LogP contribution in [0.3, 0.4) is 0 Å². The topological polar surface area (TPSA) is 89.1 Å². The summed E-state index contributed by atoms with van der Waals surface area (Å²) in [5.74, 6) is -1.17. The van der Waals surface area contributed by atoms with Crippen LogP contribution in [0.1, 0.15) is 11.7 Å². The summed E-state index contributed by atoms with van der Waals surface area (Å²) in [6.07, 6.45) is 0. The zero-order valence-electron chi connectivity index (χ0n) is 5.19. The van der Waals surface area contributed by atoms with Gasteiger partial charge < -0.3 is 10.8 Å². The van der Waals surface area contributed by atoms with Gasteiger partial charge in [0.25, 0.3) is 0 Å². The van der Waals surface area contributed by atoms with Crippen LogP contribution in [0.25, 0.3) is 0 Å². The van der Waals surface area contributed by atoms with Crippen molar-refractivity contribution in [3.63, 3.8) is 0 Å². The number of aliphatic carboxylic acids is 1. The Bertz CT molecular complexity index is 276. The minimum atomic E-state index is -1.18. The van der Waals surface area contributed by atoms with Gasteiger partial charge in [-0.3, -0.25) is 4.79 Å². The van der Waals surface area contributed by atoms with Gasteiger partial charge in [-0.1, -0.05) is 16.1 Å². The second-order valence-electron chi connectivity index (χ2n) is 1.75.